The summed E-state index contributed by atoms with van der Waals surface area (Å²) < 4.78 is 15.4. The van der Waals surface area contributed by atoms with Crippen LogP contribution in [0.5, 0.6) is 23.0 Å². The van der Waals surface area contributed by atoms with Gasteiger partial charge in [0.1, 0.15) is 18.0 Å². The number of hydrogen-bond donors (Lipinski definition) is 0. The van der Waals surface area contributed by atoms with E-state index in [1.807, 2.05) is 31.2 Å². The minimum Gasteiger partial charge on any atom is -0.871 e. The Hall–Kier alpha value is -7.28. The number of rotatable bonds is 16. The predicted octanol–water partition coefficient (Wildman–Crippen LogP) is 10.5. The van der Waals surface area contributed by atoms with Gasteiger partial charge in [0.15, 0.2) is 5.54 Å². The van der Waals surface area contributed by atoms with Gasteiger partial charge in [-0.15, -0.1) is 0 Å². The molecule has 0 N–H and O–H groups in total. The second-order valence-electron chi connectivity index (χ2n) is 19.1. The normalized spacial score (nSPS) is 15.3. The molecule has 0 unspecified atom stereocenters. The number of ether oxygens (including phenoxy) is 2. The highest BCUT2D eigenvalue weighted by Crippen LogP contribution is 2.47. The molecule has 0 saturated carbocycles. The lowest BCUT2D eigenvalue weighted by Gasteiger charge is -2.43. The van der Waals surface area contributed by atoms with Crippen LogP contribution in [-0.4, -0.2) is 54.8 Å². The number of carbonyl (C=O) groups is 1. The summed E-state index contributed by atoms with van der Waals surface area (Å²) in [5.74, 6) is 0.220. The number of hydrogen-bond acceptors (Lipinski definition) is 11. The third-order valence-electron chi connectivity index (χ3n) is 13.6. The van der Waals surface area contributed by atoms with Crippen LogP contribution in [0.25, 0.3) is 16.7 Å². The maximum Gasteiger partial charge on any atom is 0.338 e. The van der Waals surface area contributed by atoms with Gasteiger partial charge in [0.05, 0.1) is 40.1 Å². The topological polar surface area (TPSA) is 159 Å². The van der Waals surface area contributed by atoms with Crippen LogP contribution in [0.15, 0.2) is 107 Å². The Morgan fingerprint density at radius 1 is 0.783 bits per heavy atom. The van der Waals surface area contributed by atoms with Crippen molar-refractivity contribution in [3.8, 4) is 23.0 Å². The highest BCUT2D eigenvalue weighted by Gasteiger charge is 2.36. The number of benzene rings is 5. The number of unbranched alkanes of at least 4 members (excludes halogenated alkanes) is 3. The Morgan fingerprint density at radius 2 is 1.52 bits per heavy atom. The lowest BCUT2D eigenvalue weighted by atomic mass is 9.83. The van der Waals surface area contributed by atoms with Gasteiger partial charge in [-0.2, -0.15) is 10.2 Å². The Bertz CT molecular complexity index is 3100. The van der Waals surface area contributed by atoms with Gasteiger partial charge in [0.2, 0.25) is 5.36 Å². The first-order chi connectivity index (χ1) is 33.0. The monoisotopic (exact) mass is 929 g/mol. The fourth-order valence-electron chi connectivity index (χ4n) is 10.4. The zero-order valence-corrected chi connectivity index (χ0v) is 41.1. The van der Waals surface area contributed by atoms with E-state index in [1.54, 1.807) is 6.07 Å². The summed E-state index contributed by atoms with van der Waals surface area (Å²) >= 11 is 0. The summed E-state index contributed by atoms with van der Waals surface area (Å²) in [4.78, 5) is 29.2. The lowest BCUT2D eigenvalue weighted by molar-refractivity contribution is -0.385. The van der Waals surface area contributed by atoms with Crippen molar-refractivity contribution in [2.24, 2.45) is 10.2 Å². The molecule has 0 atom stereocenters. The Kier molecular flexibility index (Phi) is 13.5. The molecule has 3 aliphatic rings. The summed E-state index contributed by atoms with van der Waals surface area (Å²) in [6.07, 6.45) is 7.95. The largest absolute Gasteiger partial charge is 0.871 e. The Balaban J connectivity index is 0.992. The van der Waals surface area contributed by atoms with Crippen LogP contribution < -0.4 is 39.9 Å². The van der Waals surface area contributed by atoms with Gasteiger partial charge < -0.3 is 29.5 Å². The fourth-order valence-corrected chi connectivity index (χ4v) is 10.4. The minimum atomic E-state index is -0.625. The SMILES string of the molecule is CCN(CCCCCCOC(=O)c1ccccc1C1=c2cc3c(cc2Oc2cc4c(cc21)C(C)=CC(C)(C)N4CC)=[N+](CC)C(C)(C)C=C3C)c1ccc(N=Nc2cc([N+](=O)[O-])ccc2[O-])c([O-])c1. The fraction of sp³-hybridized carbons (Fsp3) is 0.357. The van der Waals surface area contributed by atoms with Crippen LogP contribution in [0.2, 0.25) is 0 Å². The molecule has 0 bridgehead atoms. The van der Waals surface area contributed by atoms with Crippen molar-refractivity contribution >= 4 is 51.1 Å². The molecule has 0 aliphatic carbocycles. The molecule has 13 nitrogen and oxygen atoms in total. The van der Waals surface area contributed by atoms with E-state index in [1.165, 1.54) is 23.3 Å². The molecular weight excluding hydrogens is 869 g/mol. The summed E-state index contributed by atoms with van der Waals surface area (Å²) in [6, 6.07) is 24.6. The molecule has 0 amide bonds. The zero-order chi connectivity index (χ0) is 49.4. The van der Waals surface area contributed by atoms with Gasteiger partial charge in [0, 0.05) is 90.5 Å². The van der Waals surface area contributed by atoms with E-state index >= 15 is 0 Å². The average molecular weight is 930 g/mol. The highest BCUT2D eigenvalue weighted by molar-refractivity contribution is 6.00. The molecule has 5 aromatic rings. The van der Waals surface area contributed by atoms with Crippen LogP contribution in [0.3, 0.4) is 0 Å². The van der Waals surface area contributed by atoms with Gasteiger partial charge >= 0.3 is 5.97 Å². The first-order valence-corrected chi connectivity index (χ1v) is 24.0. The standard InChI is InChI=1S/C56H62N6O7/c1-10-59(37-21-23-45(50(64)28-37)57-58-46-27-38(62(66)67)22-24-49(46)63)25-17-13-14-18-26-68-54(65)40-20-16-15-19-39(40)53-43-29-41-35(4)33-55(6,7)60(11-2)47(41)31-51(43)69-52-32-48-42(30-44(52)53)36(5)34-56(8,9)61(48)12-3/h15-16,19-24,27-34,65H,10-14,17-18,25-26H2,1-9H3/p-1. The van der Waals surface area contributed by atoms with E-state index in [-0.39, 0.29) is 46.5 Å². The number of carbonyl (C=O) groups excluding carboxylic acids is 1. The number of non-ortho nitro benzene ring substituents is 1. The van der Waals surface area contributed by atoms with Crippen molar-refractivity contribution in [3.05, 3.63) is 146 Å². The first-order valence-electron chi connectivity index (χ1n) is 24.0. The van der Waals surface area contributed by atoms with E-state index in [0.717, 1.165) is 112 Å². The Morgan fingerprint density at radius 3 is 2.25 bits per heavy atom. The summed E-state index contributed by atoms with van der Waals surface area (Å²) in [5, 5.41) is 46.0. The van der Waals surface area contributed by atoms with Crippen molar-refractivity contribution in [2.45, 2.75) is 99.1 Å². The number of fused-ring (bicyclic) bond motifs is 4. The van der Waals surface area contributed by atoms with E-state index < -0.39 is 10.7 Å². The summed E-state index contributed by atoms with van der Waals surface area (Å²) in [5.41, 5.74) is 8.86. The summed E-state index contributed by atoms with van der Waals surface area (Å²) in [6.45, 7) is 23.0. The number of nitro groups is 1. The maximum atomic E-state index is 14.2. The van der Waals surface area contributed by atoms with Crippen molar-refractivity contribution in [1.82, 2.24) is 4.58 Å². The van der Waals surface area contributed by atoms with Crippen LogP contribution in [0.1, 0.15) is 121 Å². The van der Waals surface area contributed by atoms with Crippen LogP contribution in [0.4, 0.5) is 28.4 Å². The van der Waals surface area contributed by atoms with E-state index in [9.17, 15) is 25.1 Å². The van der Waals surface area contributed by atoms with E-state index in [0.29, 0.717) is 25.1 Å². The molecule has 8 rings (SSSR count). The van der Waals surface area contributed by atoms with Gasteiger partial charge in [0.25, 0.3) is 5.69 Å². The third-order valence-corrected chi connectivity index (χ3v) is 13.6. The molecule has 69 heavy (non-hydrogen) atoms. The minimum absolute atomic E-state index is 0.0243. The first kappa shape index (κ1) is 48.2. The van der Waals surface area contributed by atoms with Gasteiger partial charge in [-0.25, -0.2) is 9.37 Å². The molecule has 13 heteroatoms. The molecular formula is C56H61N6O7-. The number of likely N-dealkylation sites (N-methyl/N-ethyl adjacent to an activating group) is 2. The predicted molar refractivity (Wildman–Crippen MR) is 270 cm³/mol. The van der Waals surface area contributed by atoms with Crippen LogP contribution in [0, 0.1) is 10.1 Å². The van der Waals surface area contributed by atoms with Gasteiger partial charge in [-0.3, -0.25) is 10.1 Å². The van der Waals surface area contributed by atoms with Gasteiger partial charge in [-0.1, -0.05) is 48.3 Å². The molecule has 0 radical (unpaired) electrons. The van der Waals surface area contributed by atoms with Gasteiger partial charge in [-0.05, 0) is 127 Å². The zero-order valence-electron chi connectivity index (χ0n) is 41.1. The second-order valence-corrected chi connectivity index (χ2v) is 19.1. The molecule has 0 spiro atoms. The molecule has 5 aromatic carbocycles. The number of anilines is 2. The number of azo groups is 1. The lowest BCUT2D eigenvalue weighted by Crippen LogP contribution is -2.49. The summed E-state index contributed by atoms with van der Waals surface area (Å²) in [7, 11) is 0. The van der Waals surface area contributed by atoms with E-state index in [2.05, 4.69) is 116 Å². The number of nitro benzene ring substituents is 1. The molecule has 3 heterocycles. The van der Waals surface area contributed by atoms with Crippen molar-refractivity contribution < 1.29 is 29.4 Å². The van der Waals surface area contributed by atoms with E-state index in [4.69, 9.17) is 9.47 Å². The molecule has 0 fully saturated rings. The number of nitrogens with zero attached hydrogens (tertiary/aromatic N) is 6. The number of esters is 1. The maximum absolute atomic E-state index is 14.2. The average Bonchev–Trinajstić information content (AvgIpc) is 3.30. The molecule has 0 saturated heterocycles. The van der Waals surface area contributed by atoms with Crippen molar-refractivity contribution in [2.75, 3.05) is 42.6 Å². The highest BCUT2D eigenvalue weighted by atomic mass is 16.6. The number of allylic oxidation sites excluding steroid dienone is 2. The van der Waals surface area contributed by atoms with Crippen molar-refractivity contribution in [1.29, 1.82) is 0 Å². The second kappa shape index (κ2) is 19.4. The van der Waals surface area contributed by atoms with Crippen molar-refractivity contribution in [3.63, 3.8) is 0 Å². The third kappa shape index (κ3) is 9.47. The quantitative estimate of drug-likeness (QED) is 0.0230. The molecule has 0 aromatic heterocycles. The molecule has 358 valence electrons. The van der Waals surface area contributed by atoms with Crippen LogP contribution in [-0.2, 0) is 4.74 Å². The van der Waals surface area contributed by atoms with Crippen LogP contribution >= 0.6 is 0 Å². The Labute approximate surface area is 404 Å². The smallest absolute Gasteiger partial charge is 0.338 e. The molecule has 3 aliphatic heterocycles.